The average molecular weight is 222 g/mol. The van der Waals surface area contributed by atoms with E-state index in [0.29, 0.717) is 18.5 Å². The van der Waals surface area contributed by atoms with Crippen LogP contribution in [-0.2, 0) is 11.2 Å². The lowest BCUT2D eigenvalue weighted by atomic mass is 10.1. The Labute approximate surface area is 93.8 Å². The van der Waals surface area contributed by atoms with E-state index in [2.05, 4.69) is 5.32 Å². The van der Waals surface area contributed by atoms with E-state index < -0.39 is 0 Å². The van der Waals surface area contributed by atoms with Crippen molar-refractivity contribution in [2.45, 2.75) is 18.9 Å². The van der Waals surface area contributed by atoms with Crippen LogP contribution >= 0.6 is 0 Å². The van der Waals surface area contributed by atoms with Crippen molar-refractivity contribution in [3.63, 3.8) is 0 Å². The van der Waals surface area contributed by atoms with Crippen LogP contribution in [0.5, 0.6) is 0 Å². The van der Waals surface area contributed by atoms with Crippen molar-refractivity contribution >= 4 is 5.91 Å². The van der Waals surface area contributed by atoms with Gasteiger partial charge in [0.25, 0.3) is 0 Å². The Bertz CT molecular complexity index is 394. The molecule has 2 rings (SSSR count). The third kappa shape index (κ3) is 2.58. The molecule has 1 aliphatic carbocycles. The third-order valence-corrected chi connectivity index (χ3v) is 2.83. The summed E-state index contributed by atoms with van der Waals surface area (Å²) in [4.78, 5) is 11.4. The van der Waals surface area contributed by atoms with Crippen molar-refractivity contribution in [3.05, 3.63) is 35.6 Å². The highest BCUT2D eigenvalue weighted by Crippen LogP contribution is 2.27. The normalized spacial score (nSPS) is 22.9. The standard InChI is InChI=1S/C12H15FN2O/c13-10-4-2-1-3-8(10)5-6-15-12(16)9-7-11(9)14/h1-4,9,11H,5-7,14H2,(H,15,16). The molecule has 1 aliphatic rings. The molecule has 4 heteroatoms. The quantitative estimate of drug-likeness (QED) is 0.793. The van der Waals surface area contributed by atoms with Gasteiger partial charge in [-0.3, -0.25) is 4.79 Å². The van der Waals surface area contributed by atoms with Gasteiger partial charge in [0.15, 0.2) is 0 Å². The molecule has 3 N–H and O–H groups in total. The Balaban J connectivity index is 1.76. The summed E-state index contributed by atoms with van der Waals surface area (Å²) in [7, 11) is 0. The summed E-state index contributed by atoms with van der Waals surface area (Å²) in [5, 5.41) is 2.77. The van der Waals surface area contributed by atoms with Crippen molar-refractivity contribution in [2.24, 2.45) is 11.7 Å². The van der Waals surface area contributed by atoms with E-state index in [0.717, 1.165) is 6.42 Å². The zero-order chi connectivity index (χ0) is 11.5. The Hall–Kier alpha value is -1.42. The van der Waals surface area contributed by atoms with Gasteiger partial charge in [0.1, 0.15) is 5.82 Å². The fourth-order valence-corrected chi connectivity index (χ4v) is 1.67. The lowest BCUT2D eigenvalue weighted by molar-refractivity contribution is -0.122. The molecule has 86 valence electrons. The van der Waals surface area contributed by atoms with Crippen LogP contribution in [-0.4, -0.2) is 18.5 Å². The number of hydrogen-bond donors (Lipinski definition) is 2. The zero-order valence-corrected chi connectivity index (χ0v) is 8.95. The maximum atomic E-state index is 13.2. The Morgan fingerprint density at radius 3 is 2.81 bits per heavy atom. The van der Waals surface area contributed by atoms with Crippen molar-refractivity contribution < 1.29 is 9.18 Å². The van der Waals surface area contributed by atoms with E-state index in [9.17, 15) is 9.18 Å². The van der Waals surface area contributed by atoms with Crippen LogP contribution in [0.2, 0.25) is 0 Å². The smallest absolute Gasteiger partial charge is 0.224 e. The summed E-state index contributed by atoms with van der Waals surface area (Å²) < 4.78 is 13.2. The molecule has 1 aromatic rings. The number of halogens is 1. The zero-order valence-electron chi connectivity index (χ0n) is 8.95. The lowest BCUT2D eigenvalue weighted by Crippen LogP contribution is -2.29. The van der Waals surface area contributed by atoms with Crippen LogP contribution in [0.4, 0.5) is 4.39 Å². The monoisotopic (exact) mass is 222 g/mol. The number of amides is 1. The first-order valence-corrected chi connectivity index (χ1v) is 5.45. The molecular formula is C12H15FN2O. The second kappa shape index (κ2) is 4.61. The maximum Gasteiger partial charge on any atom is 0.224 e. The predicted molar refractivity (Wildman–Crippen MR) is 59.2 cm³/mol. The minimum atomic E-state index is -0.222. The molecule has 1 aromatic carbocycles. The largest absolute Gasteiger partial charge is 0.355 e. The van der Waals surface area contributed by atoms with Crippen LogP contribution < -0.4 is 11.1 Å². The van der Waals surface area contributed by atoms with Crippen LogP contribution in [0.15, 0.2) is 24.3 Å². The molecule has 16 heavy (non-hydrogen) atoms. The first-order valence-electron chi connectivity index (χ1n) is 5.45. The number of hydrogen-bond acceptors (Lipinski definition) is 2. The average Bonchev–Trinajstić information content (AvgIpc) is 2.98. The van der Waals surface area contributed by atoms with E-state index >= 15 is 0 Å². The van der Waals surface area contributed by atoms with E-state index in [4.69, 9.17) is 5.73 Å². The molecule has 3 nitrogen and oxygen atoms in total. The van der Waals surface area contributed by atoms with Crippen LogP contribution in [0.1, 0.15) is 12.0 Å². The lowest BCUT2D eigenvalue weighted by Gasteiger charge is -2.05. The third-order valence-electron chi connectivity index (χ3n) is 2.83. The minimum absolute atomic E-state index is 0.0103. The molecule has 0 aromatic heterocycles. The van der Waals surface area contributed by atoms with E-state index in [1.54, 1.807) is 18.2 Å². The van der Waals surface area contributed by atoms with Gasteiger partial charge in [-0.2, -0.15) is 0 Å². The van der Waals surface area contributed by atoms with E-state index in [1.165, 1.54) is 6.07 Å². The number of rotatable bonds is 4. The van der Waals surface area contributed by atoms with Gasteiger partial charge >= 0.3 is 0 Å². The van der Waals surface area contributed by atoms with Crippen molar-refractivity contribution in [3.8, 4) is 0 Å². The molecule has 0 saturated heterocycles. The van der Waals surface area contributed by atoms with Gasteiger partial charge in [0, 0.05) is 12.6 Å². The summed E-state index contributed by atoms with van der Waals surface area (Å²) in [6.07, 6.45) is 1.28. The molecule has 2 atom stereocenters. The second-order valence-corrected chi connectivity index (χ2v) is 4.14. The second-order valence-electron chi connectivity index (χ2n) is 4.14. The molecule has 1 fully saturated rings. The summed E-state index contributed by atoms with van der Waals surface area (Å²) in [6.45, 7) is 0.461. The molecule has 1 amide bonds. The van der Waals surface area contributed by atoms with E-state index in [1.807, 2.05) is 0 Å². The van der Waals surface area contributed by atoms with Crippen molar-refractivity contribution in [2.75, 3.05) is 6.54 Å². The van der Waals surface area contributed by atoms with Gasteiger partial charge in [-0.1, -0.05) is 18.2 Å². The summed E-state index contributed by atoms with van der Waals surface area (Å²) in [5.41, 5.74) is 6.18. The van der Waals surface area contributed by atoms with Gasteiger partial charge in [-0.05, 0) is 24.5 Å². The maximum absolute atomic E-state index is 13.2. The van der Waals surface area contributed by atoms with Gasteiger partial charge < -0.3 is 11.1 Å². The number of benzene rings is 1. The molecule has 2 unspecified atom stereocenters. The molecule has 0 heterocycles. The number of carbonyl (C=O) groups is 1. The first kappa shape index (κ1) is 11.1. The highest BCUT2D eigenvalue weighted by atomic mass is 19.1. The molecular weight excluding hydrogens is 207 g/mol. The highest BCUT2D eigenvalue weighted by Gasteiger charge is 2.39. The van der Waals surface area contributed by atoms with E-state index in [-0.39, 0.29) is 23.7 Å². The number of nitrogens with one attached hydrogen (secondary N) is 1. The van der Waals surface area contributed by atoms with Crippen molar-refractivity contribution in [1.82, 2.24) is 5.32 Å². The van der Waals surface area contributed by atoms with Crippen molar-refractivity contribution in [1.29, 1.82) is 0 Å². The fourth-order valence-electron chi connectivity index (χ4n) is 1.67. The van der Waals surface area contributed by atoms with Gasteiger partial charge in [-0.15, -0.1) is 0 Å². The molecule has 0 spiro atoms. The van der Waals surface area contributed by atoms with Crippen LogP contribution in [0, 0.1) is 11.7 Å². The topological polar surface area (TPSA) is 55.1 Å². The Morgan fingerprint density at radius 1 is 1.50 bits per heavy atom. The minimum Gasteiger partial charge on any atom is -0.355 e. The first-order chi connectivity index (χ1) is 7.68. The summed E-state index contributed by atoms with van der Waals surface area (Å²) in [6, 6.07) is 6.61. The fraction of sp³-hybridized carbons (Fsp3) is 0.417. The molecule has 0 bridgehead atoms. The highest BCUT2D eigenvalue weighted by molar-refractivity contribution is 5.82. The van der Waals surface area contributed by atoms with Crippen LogP contribution in [0.25, 0.3) is 0 Å². The van der Waals surface area contributed by atoms with Gasteiger partial charge in [0.2, 0.25) is 5.91 Å². The molecule has 0 radical (unpaired) electrons. The summed E-state index contributed by atoms with van der Waals surface area (Å²) >= 11 is 0. The van der Waals surface area contributed by atoms with Gasteiger partial charge in [-0.25, -0.2) is 4.39 Å². The van der Waals surface area contributed by atoms with Gasteiger partial charge in [0.05, 0.1) is 5.92 Å². The number of nitrogens with two attached hydrogens (primary N) is 1. The molecule has 1 saturated carbocycles. The summed E-state index contributed by atoms with van der Waals surface area (Å²) in [5.74, 6) is -0.260. The van der Waals surface area contributed by atoms with Crippen LogP contribution in [0.3, 0.4) is 0 Å². The Morgan fingerprint density at radius 2 is 2.19 bits per heavy atom. The Kier molecular flexibility index (Phi) is 3.19. The predicted octanol–water partition coefficient (Wildman–Crippen LogP) is 0.832. The SMILES string of the molecule is NC1CC1C(=O)NCCc1ccccc1F. The number of carbonyl (C=O) groups excluding carboxylic acids is 1. The molecule has 0 aliphatic heterocycles.